The molecular formula is C16H21NO3. The van der Waals surface area contributed by atoms with Crippen LogP contribution in [0.2, 0.25) is 0 Å². The SMILES string of the molecule is COc1ccc2c(c1)C(N1CCCC1(C)C(=O)O)CC2. The highest BCUT2D eigenvalue weighted by Gasteiger charge is 2.47. The topological polar surface area (TPSA) is 49.8 Å². The maximum absolute atomic E-state index is 11.7. The van der Waals surface area contributed by atoms with Gasteiger partial charge in [-0.3, -0.25) is 9.69 Å². The van der Waals surface area contributed by atoms with Crippen LogP contribution in [0.25, 0.3) is 0 Å². The number of hydrogen-bond acceptors (Lipinski definition) is 3. The van der Waals surface area contributed by atoms with E-state index in [1.165, 1.54) is 11.1 Å². The van der Waals surface area contributed by atoms with Crippen LogP contribution in [0.4, 0.5) is 0 Å². The maximum atomic E-state index is 11.7. The Bertz CT molecular complexity index is 543. The van der Waals surface area contributed by atoms with Gasteiger partial charge >= 0.3 is 5.97 Å². The molecule has 1 aliphatic heterocycles. The van der Waals surface area contributed by atoms with Gasteiger partial charge < -0.3 is 9.84 Å². The molecule has 2 unspecified atom stereocenters. The Morgan fingerprint density at radius 1 is 1.50 bits per heavy atom. The molecule has 0 radical (unpaired) electrons. The molecule has 1 saturated heterocycles. The first-order valence-electron chi connectivity index (χ1n) is 7.23. The van der Waals surface area contributed by atoms with E-state index in [4.69, 9.17) is 4.74 Å². The smallest absolute Gasteiger partial charge is 0.323 e. The van der Waals surface area contributed by atoms with Gasteiger partial charge in [-0.15, -0.1) is 0 Å². The number of carboxylic acid groups (broad SMARTS) is 1. The summed E-state index contributed by atoms with van der Waals surface area (Å²) in [5, 5.41) is 9.59. The van der Waals surface area contributed by atoms with Crippen molar-refractivity contribution in [3.05, 3.63) is 29.3 Å². The minimum Gasteiger partial charge on any atom is -0.497 e. The van der Waals surface area contributed by atoms with E-state index in [0.29, 0.717) is 0 Å². The monoisotopic (exact) mass is 275 g/mol. The van der Waals surface area contributed by atoms with Gasteiger partial charge in [0, 0.05) is 6.04 Å². The minimum absolute atomic E-state index is 0.212. The number of ether oxygens (including phenoxy) is 1. The highest BCUT2D eigenvalue weighted by atomic mass is 16.5. The third kappa shape index (κ3) is 1.90. The number of methoxy groups -OCH3 is 1. The number of fused-ring (bicyclic) bond motifs is 1. The first kappa shape index (κ1) is 13.4. The molecule has 0 aromatic heterocycles. The summed E-state index contributed by atoms with van der Waals surface area (Å²) in [5.41, 5.74) is 1.85. The van der Waals surface area contributed by atoms with Crippen molar-refractivity contribution >= 4 is 5.97 Å². The fraction of sp³-hybridized carbons (Fsp3) is 0.562. The first-order chi connectivity index (χ1) is 9.56. The van der Waals surface area contributed by atoms with Crippen molar-refractivity contribution in [1.29, 1.82) is 0 Å². The highest BCUT2D eigenvalue weighted by molar-refractivity contribution is 5.78. The normalized spacial score (nSPS) is 29.4. The van der Waals surface area contributed by atoms with Crippen LogP contribution in [0.5, 0.6) is 5.75 Å². The van der Waals surface area contributed by atoms with E-state index in [2.05, 4.69) is 17.0 Å². The van der Waals surface area contributed by atoms with Crippen molar-refractivity contribution in [1.82, 2.24) is 4.90 Å². The van der Waals surface area contributed by atoms with Gasteiger partial charge in [0.15, 0.2) is 0 Å². The van der Waals surface area contributed by atoms with Crippen LogP contribution in [-0.2, 0) is 11.2 Å². The summed E-state index contributed by atoms with van der Waals surface area (Å²) in [6.45, 7) is 2.73. The number of likely N-dealkylation sites (tertiary alicyclic amines) is 1. The number of nitrogens with zero attached hydrogens (tertiary/aromatic N) is 1. The second kappa shape index (κ2) is 4.77. The lowest BCUT2D eigenvalue weighted by Gasteiger charge is -2.36. The molecule has 3 rings (SSSR count). The van der Waals surface area contributed by atoms with Gasteiger partial charge in [-0.2, -0.15) is 0 Å². The number of aryl methyl sites for hydroxylation is 1. The van der Waals surface area contributed by atoms with Crippen molar-refractivity contribution in [2.24, 2.45) is 0 Å². The Hall–Kier alpha value is -1.55. The van der Waals surface area contributed by atoms with Crippen LogP contribution in [0, 0.1) is 0 Å². The standard InChI is InChI=1S/C16H21NO3/c1-16(15(18)19)8-3-9-17(16)14-7-5-11-4-6-12(20-2)10-13(11)14/h4,6,10,14H,3,5,7-9H2,1-2H3,(H,18,19). The van der Waals surface area contributed by atoms with Crippen molar-refractivity contribution in [3.63, 3.8) is 0 Å². The van der Waals surface area contributed by atoms with Gasteiger partial charge in [0.2, 0.25) is 0 Å². The van der Waals surface area contributed by atoms with Crippen LogP contribution < -0.4 is 4.74 Å². The van der Waals surface area contributed by atoms with Gasteiger partial charge in [-0.25, -0.2) is 0 Å². The van der Waals surface area contributed by atoms with E-state index >= 15 is 0 Å². The molecule has 0 bridgehead atoms. The third-order valence-electron chi connectivity index (χ3n) is 4.93. The molecule has 1 N–H and O–H groups in total. The summed E-state index contributed by atoms with van der Waals surface area (Å²) in [7, 11) is 1.67. The van der Waals surface area contributed by atoms with Crippen molar-refractivity contribution in [2.75, 3.05) is 13.7 Å². The molecular weight excluding hydrogens is 254 g/mol. The van der Waals surface area contributed by atoms with Gasteiger partial charge in [0.05, 0.1) is 7.11 Å². The predicted octanol–water partition coefficient (Wildman–Crippen LogP) is 2.62. The molecule has 1 aromatic rings. The number of benzene rings is 1. The Morgan fingerprint density at radius 3 is 3.00 bits per heavy atom. The molecule has 2 aliphatic rings. The van der Waals surface area contributed by atoms with Crippen LogP contribution >= 0.6 is 0 Å². The van der Waals surface area contributed by atoms with E-state index in [0.717, 1.165) is 38.0 Å². The van der Waals surface area contributed by atoms with E-state index < -0.39 is 11.5 Å². The fourth-order valence-corrected chi connectivity index (χ4v) is 3.72. The average Bonchev–Trinajstić information content (AvgIpc) is 3.02. The summed E-state index contributed by atoms with van der Waals surface area (Å²) in [6, 6.07) is 6.39. The molecule has 1 aliphatic carbocycles. The van der Waals surface area contributed by atoms with E-state index in [-0.39, 0.29) is 6.04 Å². The molecule has 4 heteroatoms. The number of carbonyl (C=O) groups is 1. The molecule has 0 amide bonds. The number of carboxylic acids is 1. The van der Waals surface area contributed by atoms with Crippen LogP contribution in [0.15, 0.2) is 18.2 Å². The van der Waals surface area contributed by atoms with Crippen molar-refractivity contribution in [2.45, 2.75) is 44.2 Å². The summed E-state index contributed by atoms with van der Waals surface area (Å²) >= 11 is 0. The Morgan fingerprint density at radius 2 is 2.30 bits per heavy atom. The van der Waals surface area contributed by atoms with Crippen LogP contribution in [-0.4, -0.2) is 35.2 Å². The van der Waals surface area contributed by atoms with Gasteiger partial charge in [0.25, 0.3) is 0 Å². The van der Waals surface area contributed by atoms with Gasteiger partial charge in [-0.05, 0) is 62.4 Å². The average molecular weight is 275 g/mol. The summed E-state index contributed by atoms with van der Waals surface area (Å²) < 4.78 is 5.32. The van der Waals surface area contributed by atoms with E-state index in [1.54, 1.807) is 7.11 Å². The molecule has 4 nitrogen and oxygen atoms in total. The molecule has 2 atom stereocenters. The molecule has 1 aromatic carbocycles. The summed E-state index contributed by atoms with van der Waals surface area (Å²) in [4.78, 5) is 13.8. The van der Waals surface area contributed by atoms with Gasteiger partial charge in [0.1, 0.15) is 11.3 Å². The zero-order valence-corrected chi connectivity index (χ0v) is 12.1. The van der Waals surface area contributed by atoms with E-state index in [9.17, 15) is 9.90 Å². The largest absolute Gasteiger partial charge is 0.497 e. The Balaban J connectivity index is 1.96. The second-order valence-electron chi connectivity index (χ2n) is 6.00. The quantitative estimate of drug-likeness (QED) is 0.921. The lowest BCUT2D eigenvalue weighted by molar-refractivity contribution is -0.150. The summed E-state index contributed by atoms with van der Waals surface area (Å²) in [6.07, 6.45) is 3.72. The predicted molar refractivity (Wildman–Crippen MR) is 76.0 cm³/mol. The number of hydrogen-bond donors (Lipinski definition) is 1. The third-order valence-corrected chi connectivity index (χ3v) is 4.93. The lowest BCUT2D eigenvalue weighted by atomic mass is 9.96. The number of rotatable bonds is 3. The molecule has 20 heavy (non-hydrogen) atoms. The second-order valence-corrected chi connectivity index (χ2v) is 6.00. The summed E-state index contributed by atoms with van der Waals surface area (Å²) in [5.74, 6) is 0.151. The van der Waals surface area contributed by atoms with Gasteiger partial charge in [-0.1, -0.05) is 6.07 Å². The van der Waals surface area contributed by atoms with E-state index in [1.807, 2.05) is 13.0 Å². The van der Waals surface area contributed by atoms with Crippen molar-refractivity contribution < 1.29 is 14.6 Å². The fourth-order valence-electron chi connectivity index (χ4n) is 3.72. The van der Waals surface area contributed by atoms with Crippen LogP contribution in [0.3, 0.4) is 0 Å². The minimum atomic E-state index is -0.727. The van der Waals surface area contributed by atoms with Crippen LogP contribution in [0.1, 0.15) is 43.4 Å². The van der Waals surface area contributed by atoms with Crippen molar-refractivity contribution in [3.8, 4) is 5.75 Å². The molecule has 1 fully saturated rings. The Labute approximate surface area is 119 Å². The first-order valence-corrected chi connectivity index (χ1v) is 7.23. The zero-order valence-electron chi connectivity index (χ0n) is 12.1. The number of aliphatic carboxylic acids is 1. The molecule has 1 heterocycles. The molecule has 0 spiro atoms. The zero-order chi connectivity index (χ0) is 14.3. The highest BCUT2D eigenvalue weighted by Crippen LogP contribution is 2.44. The Kier molecular flexibility index (Phi) is 3.21. The molecule has 108 valence electrons. The maximum Gasteiger partial charge on any atom is 0.323 e. The lowest BCUT2D eigenvalue weighted by Crippen LogP contribution is -2.49. The molecule has 0 saturated carbocycles.